The van der Waals surface area contributed by atoms with Crippen molar-refractivity contribution in [3.05, 3.63) is 29.8 Å². The summed E-state index contributed by atoms with van der Waals surface area (Å²) >= 11 is 0. The molecule has 4 saturated carbocycles. The Bertz CT molecular complexity index is 730. The second kappa shape index (κ2) is 5.76. The molecule has 5 atom stereocenters. The van der Waals surface area contributed by atoms with Crippen molar-refractivity contribution in [3.63, 3.8) is 0 Å². The van der Waals surface area contributed by atoms with Gasteiger partial charge in [0, 0.05) is 17.7 Å². The Kier molecular flexibility index (Phi) is 3.86. The maximum atomic E-state index is 13.1. The zero-order chi connectivity index (χ0) is 18.7. The molecule has 1 heterocycles. The number of rotatable bonds is 4. The first-order valence-corrected chi connectivity index (χ1v) is 9.44. The number of nitrogens with zero attached hydrogens (tertiary/aromatic N) is 1. The first-order valence-electron chi connectivity index (χ1n) is 9.44. The fraction of sp³-hybridized carbons (Fsp3) is 0.650. The smallest absolute Gasteiger partial charge is 0.230 e. The van der Waals surface area contributed by atoms with Crippen LogP contribution in [0.3, 0.4) is 0 Å². The largest absolute Gasteiger partial charge is 0.369 e. The van der Waals surface area contributed by atoms with Gasteiger partial charge >= 0.3 is 0 Å². The van der Waals surface area contributed by atoms with Crippen LogP contribution in [0.2, 0.25) is 0 Å². The van der Waals surface area contributed by atoms with E-state index in [0.717, 1.165) is 32.1 Å². The number of aromatic nitrogens is 1. The Labute approximate surface area is 152 Å². The average molecular weight is 359 g/mol. The van der Waals surface area contributed by atoms with Crippen LogP contribution < -0.4 is 11.1 Å². The summed E-state index contributed by atoms with van der Waals surface area (Å²) in [4.78, 5) is 28.8. The van der Waals surface area contributed by atoms with Gasteiger partial charge in [-0.3, -0.25) is 9.59 Å². The molecular formula is C20H26FN3O2. The van der Waals surface area contributed by atoms with Crippen molar-refractivity contribution >= 4 is 11.8 Å². The first-order chi connectivity index (χ1) is 12.2. The molecule has 3 N–H and O–H groups in total. The molecule has 140 valence electrons. The third-order valence-corrected chi connectivity index (χ3v) is 7.11. The Morgan fingerprint density at radius 2 is 1.88 bits per heavy atom. The van der Waals surface area contributed by atoms with Gasteiger partial charge in [0.05, 0.1) is 5.41 Å². The van der Waals surface area contributed by atoms with E-state index < -0.39 is 11.4 Å². The van der Waals surface area contributed by atoms with Crippen molar-refractivity contribution in [3.8, 4) is 0 Å². The second-order valence-electron chi connectivity index (χ2n) is 9.11. The van der Waals surface area contributed by atoms with Gasteiger partial charge in [-0.15, -0.1) is 0 Å². The lowest BCUT2D eigenvalue weighted by molar-refractivity contribution is -0.148. The molecule has 4 aliphatic carbocycles. The van der Waals surface area contributed by atoms with E-state index in [0.29, 0.717) is 23.3 Å². The normalized spacial score (nSPS) is 35.3. The van der Waals surface area contributed by atoms with Crippen LogP contribution in [0.5, 0.6) is 0 Å². The number of carbonyl (C=O) groups excluding carboxylic acids is 2. The molecule has 1 aromatic rings. The number of amides is 2. The molecule has 0 radical (unpaired) electrons. The first kappa shape index (κ1) is 17.4. The van der Waals surface area contributed by atoms with Crippen LogP contribution in [-0.4, -0.2) is 22.8 Å². The molecule has 6 heteroatoms. The number of hydrogen-bond acceptors (Lipinski definition) is 3. The molecule has 26 heavy (non-hydrogen) atoms. The summed E-state index contributed by atoms with van der Waals surface area (Å²) in [6.07, 6.45) is 6.05. The third-order valence-electron chi connectivity index (χ3n) is 7.11. The van der Waals surface area contributed by atoms with E-state index in [1.807, 2.05) is 13.8 Å². The number of halogens is 1. The molecule has 3 unspecified atom stereocenters. The lowest BCUT2D eigenvalue weighted by atomic mass is 9.47. The van der Waals surface area contributed by atoms with Crippen molar-refractivity contribution in [2.24, 2.45) is 28.9 Å². The Morgan fingerprint density at radius 3 is 2.42 bits per heavy atom. The molecule has 4 bridgehead atoms. The van der Waals surface area contributed by atoms with Crippen molar-refractivity contribution in [2.45, 2.75) is 57.4 Å². The van der Waals surface area contributed by atoms with Crippen LogP contribution in [0.1, 0.15) is 51.5 Å². The van der Waals surface area contributed by atoms with Gasteiger partial charge in [-0.05, 0) is 75.3 Å². The van der Waals surface area contributed by atoms with Gasteiger partial charge in [0.1, 0.15) is 0 Å². The molecule has 4 aliphatic rings. The van der Waals surface area contributed by atoms with Crippen LogP contribution in [0.4, 0.5) is 4.39 Å². The minimum Gasteiger partial charge on any atom is -0.369 e. The zero-order valence-corrected chi connectivity index (χ0v) is 15.3. The summed E-state index contributed by atoms with van der Waals surface area (Å²) in [6, 6.07) is 2.99. The minimum atomic E-state index is -0.795. The summed E-state index contributed by atoms with van der Waals surface area (Å²) in [5.41, 5.74) is 5.27. The lowest BCUT2D eigenvalue weighted by Crippen LogP contribution is -2.63. The summed E-state index contributed by atoms with van der Waals surface area (Å²) < 4.78 is 13.1. The second-order valence-corrected chi connectivity index (χ2v) is 9.11. The number of primary amides is 1. The van der Waals surface area contributed by atoms with Crippen molar-refractivity contribution < 1.29 is 14.0 Å². The number of nitrogens with two attached hydrogens (primary N) is 1. The van der Waals surface area contributed by atoms with Crippen molar-refractivity contribution in [1.29, 1.82) is 0 Å². The molecular weight excluding hydrogens is 333 g/mol. The highest BCUT2D eigenvalue weighted by Gasteiger charge is 2.58. The van der Waals surface area contributed by atoms with Crippen LogP contribution in [0.25, 0.3) is 0 Å². The van der Waals surface area contributed by atoms with Gasteiger partial charge in [0.2, 0.25) is 17.8 Å². The van der Waals surface area contributed by atoms with E-state index in [9.17, 15) is 14.0 Å². The summed E-state index contributed by atoms with van der Waals surface area (Å²) in [7, 11) is 0. The maximum Gasteiger partial charge on any atom is 0.230 e. The Morgan fingerprint density at radius 1 is 1.23 bits per heavy atom. The average Bonchev–Trinajstić information content (AvgIpc) is 2.57. The van der Waals surface area contributed by atoms with Gasteiger partial charge in [-0.2, -0.15) is 4.39 Å². The SMILES string of the molecule is CC(C)(C(=O)NC1[C@@H]2CC3C[C@H]1CC(C(N)=O)(C3)C2)c1ccc(F)nc1. The number of hydrogen-bond donors (Lipinski definition) is 2. The van der Waals surface area contributed by atoms with E-state index in [1.165, 1.54) is 12.3 Å². The van der Waals surface area contributed by atoms with Crippen LogP contribution in [0.15, 0.2) is 18.3 Å². The molecule has 4 fully saturated rings. The van der Waals surface area contributed by atoms with E-state index in [2.05, 4.69) is 10.3 Å². The van der Waals surface area contributed by atoms with Gasteiger partial charge < -0.3 is 11.1 Å². The van der Waals surface area contributed by atoms with E-state index >= 15 is 0 Å². The fourth-order valence-electron chi connectivity index (χ4n) is 5.77. The molecule has 0 aliphatic heterocycles. The van der Waals surface area contributed by atoms with Gasteiger partial charge in [-0.25, -0.2) is 4.98 Å². The molecule has 0 saturated heterocycles. The maximum absolute atomic E-state index is 13.1. The zero-order valence-electron chi connectivity index (χ0n) is 15.3. The topological polar surface area (TPSA) is 85.1 Å². The highest BCUT2D eigenvalue weighted by atomic mass is 19.1. The van der Waals surface area contributed by atoms with E-state index in [4.69, 9.17) is 5.73 Å². The predicted octanol–water partition coefficient (Wildman–Crippen LogP) is 2.29. The lowest BCUT2D eigenvalue weighted by Gasteiger charge is -2.59. The van der Waals surface area contributed by atoms with Gasteiger partial charge in [0.25, 0.3) is 0 Å². The quantitative estimate of drug-likeness (QED) is 0.809. The van der Waals surface area contributed by atoms with Crippen LogP contribution in [0, 0.1) is 29.1 Å². The molecule has 2 amide bonds. The Balaban J connectivity index is 1.52. The molecule has 5 nitrogen and oxygen atoms in total. The standard InChI is InChI=1S/C20H26FN3O2/c1-19(2,14-3-4-15(21)23-10-14)18(26)24-16-12-5-11-6-13(16)9-20(7-11,8-12)17(22)25/h3-4,10-13,16H,5-9H2,1-2H3,(H2,22,25)(H,24,26)/t11?,12-,13+,16?,20?. The monoisotopic (exact) mass is 359 g/mol. The van der Waals surface area contributed by atoms with Crippen LogP contribution >= 0.6 is 0 Å². The fourth-order valence-corrected chi connectivity index (χ4v) is 5.77. The van der Waals surface area contributed by atoms with Crippen molar-refractivity contribution in [1.82, 2.24) is 10.3 Å². The molecule has 1 aromatic heterocycles. The number of nitrogens with one attached hydrogen (secondary N) is 1. The van der Waals surface area contributed by atoms with E-state index in [-0.39, 0.29) is 23.3 Å². The molecule has 0 spiro atoms. The highest BCUT2D eigenvalue weighted by molar-refractivity contribution is 5.87. The summed E-state index contributed by atoms with van der Waals surface area (Å²) in [6.45, 7) is 3.66. The van der Waals surface area contributed by atoms with Gasteiger partial charge in [-0.1, -0.05) is 6.07 Å². The third kappa shape index (κ3) is 2.61. The van der Waals surface area contributed by atoms with Gasteiger partial charge in [0.15, 0.2) is 0 Å². The predicted molar refractivity (Wildman–Crippen MR) is 94.3 cm³/mol. The van der Waals surface area contributed by atoms with Crippen LogP contribution in [-0.2, 0) is 15.0 Å². The van der Waals surface area contributed by atoms with Crippen molar-refractivity contribution in [2.75, 3.05) is 0 Å². The molecule has 5 rings (SSSR count). The summed E-state index contributed by atoms with van der Waals surface area (Å²) in [5.74, 6) is 0.404. The Hall–Kier alpha value is -1.98. The number of carbonyl (C=O) groups is 2. The van der Waals surface area contributed by atoms with E-state index in [1.54, 1.807) is 6.07 Å². The summed E-state index contributed by atoms with van der Waals surface area (Å²) in [5, 5.41) is 3.26. The highest BCUT2D eigenvalue weighted by Crippen LogP contribution is 2.60. The number of pyridine rings is 1. The molecule has 0 aromatic carbocycles. The minimum absolute atomic E-state index is 0.0727.